The van der Waals surface area contributed by atoms with Crippen LogP contribution in [0, 0.1) is 0 Å². The van der Waals surface area contributed by atoms with Crippen molar-refractivity contribution in [2.45, 2.75) is 50.0 Å². The summed E-state index contributed by atoms with van der Waals surface area (Å²) in [6.45, 7) is 0. The van der Waals surface area contributed by atoms with Crippen LogP contribution in [0.2, 0.25) is 5.02 Å². The zero-order valence-corrected chi connectivity index (χ0v) is 11.5. The van der Waals surface area contributed by atoms with E-state index >= 15 is 0 Å². The number of nitrogens with two attached hydrogens (primary N) is 1. The molecule has 2 fully saturated rings. The van der Waals surface area contributed by atoms with E-state index < -0.39 is 11.7 Å². The zero-order valence-electron chi connectivity index (χ0n) is 10.7. The quantitative estimate of drug-likeness (QED) is 0.866. The first-order valence-electron chi connectivity index (χ1n) is 6.63. The Morgan fingerprint density at radius 2 is 1.85 bits per heavy atom. The van der Waals surface area contributed by atoms with Gasteiger partial charge in [0.15, 0.2) is 0 Å². The average Bonchev–Trinajstić information content (AvgIpc) is 2.61. The first-order chi connectivity index (χ1) is 9.36. The van der Waals surface area contributed by atoms with Gasteiger partial charge in [0.1, 0.15) is 5.82 Å². The van der Waals surface area contributed by atoms with E-state index in [9.17, 15) is 13.2 Å². The minimum Gasteiger partial charge on any atom is -0.349 e. The second-order valence-electron chi connectivity index (χ2n) is 5.55. The molecule has 2 saturated heterocycles. The van der Waals surface area contributed by atoms with E-state index in [1.807, 2.05) is 0 Å². The first-order valence-corrected chi connectivity index (χ1v) is 7.00. The summed E-state index contributed by atoms with van der Waals surface area (Å²) in [5.74, 6) is 0.457. The minimum absolute atomic E-state index is 0.0622. The van der Waals surface area contributed by atoms with Gasteiger partial charge in [0, 0.05) is 24.3 Å². The highest BCUT2D eigenvalue weighted by Crippen LogP contribution is 2.41. The molecule has 0 aromatic carbocycles. The van der Waals surface area contributed by atoms with Gasteiger partial charge in [-0.1, -0.05) is 11.6 Å². The number of fused-ring (bicyclic) bond motifs is 2. The number of nitrogens with zero attached hydrogens (tertiary/aromatic N) is 2. The van der Waals surface area contributed by atoms with Crippen LogP contribution in [0.15, 0.2) is 12.3 Å². The van der Waals surface area contributed by atoms with Gasteiger partial charge in [-0.3, -0.25) is 0 Å². The Hall–Kier alpha value is -1.01. The van der Waals surface area contributed by atoms with E-state index in [0.717, 1.165) is 37.9 Å². The lowest BCUT2D eigenvalue weighted by Gasteiger charge is -2.39. The molecular weight excluding hydrogens is 291 g/mol. The summed E-state index contributed by atoms with van der Waals surface area (Å²) in [7, 11) is 0. The standard InChI is InChI=1S/C13H15ClF3N3/c14-11-3-7(13(15,16)17)6-19-12(11)20-9-1-2-10(20)5-8(18)4-9/h3,6,8-10H,1-2,4-5,18H2. The molecule has 7 heteroatoms. The highest BCUT2D eigenvalue weighted by molar-refractivity contribution is 6.33. The molecule has 0 saturated carbocycles. The molecule has 0 radical (unpaired) electrons. The van der Waals surface area contributed by atoms with Crippen LogP contribution in [0.4, 0.5) is 19.0 Å². The lowest BCUT2D eigenvalue weighted by Crippen LogP contribution is -2.48. The van der Waals surface area contributed by atoms with Crippen molar-refractivity contribution in [1.29, 1.82) is 0 Å². The van der Waals surface area contributed by atoms with Gasteiger partial charge in [0.05, 0.1) is 10.6 Å². The second-order valence-corrected chi connectivity index (χ2v) is 5.96. The summed E-state index contributed by atoms with van der Waals surface area (Å²) in [6, 6.07) is 1.60. The molecule has 2 unspecified atom stereocenters. The maximum absolute atomic E-state index is 12.6. The van der Waals surface area contributed by atoms with Gasteiger partial charge in [-0.15, -0.1) is 0 Å². The summed E-state index contributed by atoms with van der Waals surface area (Å²) in [5, 5.41) is 0.0622. The van der Waals surface area contributed by atoms with Gasteiger partial charge in [-0.25, -0.2) is 4.98 Å². The summed E-state index contributed by atoms with van der Waals surface area (Å²) >= 11 is 6.03. The Kier molecular flexibility index (Phi) is 3.33. The minimum atomic E-state index is -4.42. The number of pyridine rings is 1. The maximum atomic E-state index is 12.6. The fourth-order valence-electron chi connectivity index (χ4n) is 3.34. The normalized spacial score (nSPS) is 29.9. The van der Waals surface area contributed by atoms with Gasteiger partial charge in [0.25, 0.3) is 0 Å². The Balaban J connectivity index is 1.92. The van der Waals surface area contributed by atoms with E-state index in [4.69, 9.17) is 17.3 Å². The summed E-state index contributed by atoms with van der Waals surface area (Å²) in [5.41, 5.74) is 5.17. The van der Waals surface area contributed by atoms with Crippen molar-refractivity contribution in [1.82, 2.24) is 4.98 Å². The molecule has 1 aromatic heterocycles. The van der Waals surface area contributed by atoms with Gasteiger partial charge in [-0.2, -0.15) is 13.2 Å². The predicted molar refractivity (Wildman–Crippen MR) is 70.7 cm³/mol. The first kappa shape index (κ1) is 13.9. The fourth-order valence-corrected chi connectivity index (χ4v) is 3.60. The van der Waals surface area contributed by atoms with Crippen LogP contribution in [0.25, 0.3) is 0 Å². The van der Waals surface area contributed by atoms with Crippen molar-refractivity contribution >= 4 is 17.4 Å². The van der Waals surface area contributed by atoms with Gasteiger partial charge >= 0.3 is 6.18 Å². The number of hydrogen-bond donors (Lipinski definition) is 1. The number of anilines is 1. The average molecular weight is 306 g/mol. The molecule has 2 bridgehead atoms. The molecule has 110 valence electrons. The number of rotatable bonds is 1. The van der Waals surface area contributed by atoms with Gasteiger partial charge in [0.2, 0.25) is 0 Å². The molecule has 3 rings (SSSR count). The van der Waals surface area contributed by atoms with Gasteiger partial charge in [-0.05, 0) is 31.7 Å². The number of hydrogen-bond acceptors (Lipinski definition) is 3. The van der Waals surface area contributed by atoms with Crippen LogP contribution >= 0.6 is 11.6 Å². The molecule has 3 heterocycles. The Labute approximate surface area is 119 Å². The predicted octanol–water partition coefficient (Wildman–Crippen LogP) is 3.21. The third kappa shape index (κ3) is 2.35. The van der Waals surface area contributed by atoms with Crippen molar-refractivity contribution in [3.8, 4) is 0 Å². The van der Waals surface area contributed by atoms with Crippen molar-refractivity contribution in [2.75, 3.05) is 4.90 Å². The second kappa shape index (κ2) is 4.77. The van der Waals surface area contributed by atoms with Crippen LogP contribution in [-0.2, 0) is 6.18 Å². The van der Waals surface area contributed by atoms with Crippen molar-refractivity contribution in [3.05, 3.63) is 22.8 Å². The molecule has 20 heavy (non-hydrogen) atoms. The monoisotopic (exact) mass is 305 g/mol. The lowest BCUT2D eigenvalue weighted by atomic mass is 9.98. The van der Waals surface area contributed by atoms with Crippen LogP contribution in [0.1, 0.15) is 31.2 Å². The summed E-state index contributed by atoms with van der Waals surface area (Å²) in [6.07, 6.45) is 0.119. The number of aromatic nitrogens is 1. The highest BCUT2D eigenvalue weighted by atomic mass is 35.5. The van der Waals surface area contributed by atoms with E-state index in [1.54, 1.807) is 0 Å². The smallest absolute Gasteiger partial charge is 0.349 e. The van der Waals surface area contributed by atoms with Crippen LogP contribution < -0.4 is 10.6 Å². The number of halogens is 4. The summed E-state index contributed by atoms with van der Waals surface area (Å²) in [4.78, 5) is 6.03. The molecule has 0 spiro atoms. The largest absolute Gasteiger partial charge is 0.417 e. The maximum Gasteiger partial charge on any atom is 0.417 e. The van der Waals surface area contributed by atoms with E-state index in [0.29, 0.717) is 5.82 Å². The zero-order chi connectivity index (χ0) is 14.5. The third-order valence-electron chi connectivity index (χ3n) is 4.16. The van der Waals surface area contributed by atoms with Crippen molar-refractivity contribution < 1.29 is 13.2 Å². The molecule has 1 aromatic rings. The van der Waals surface area contributed by atoms with Crippen LogP contribution in [0.5, 0.6) is 0 Å². The molecular formula is C13H15ClF3N3. The Morgan fingerprint density at radius 1 is 1.25 bits per heavy atom. The van der Waals surface area contributed by atoms with E-state index in [-0.39, 0.29) is 23.1 Å². The highest BCUT2D eigenvalue weighted by Gasteiger charge is 2.41. The fraction of sp³-hybridized carbons (Fsp3) is 0.615. The number of piperidine rings is 1. The van der Waals surface area contributed by atoms with Crippen molar-refractivity contribution in [2.24, 2.45) is 5.73 Å². The molecule has 2 aliphatic rings. The molecule has 0 amide bonds. The Bertz CT molecular complexity index is 506. The van der Waals surface area contributed by atoms with Crippen molar-refractivity contribution in [3.63, 3.8) is 0 Å². The molecule has 0 aliphatic carbocycles. The molecule has 3 nitrogen and oxygen atoms in total. The third-order valence-corrected chi connectivity index (χ3v) is 4.44. The lowest BCUT2D eigenvalue weighted by molar-refractivity contribution is -0.137. The molecule has 2 N–H and O–H groups in total. The number of alkyl halides is 3. The van der Waals surface area contributed by atoms with E-state index in [1.165, 1.54) is 0 Å². The van der Waals surface area contributed by atoms with E-state index in [2.05, 4.69) is 9.88 Å². The van der Waals surface area contributed by atoms with Crippen LogP contribution in [0.3, 0.4) is 0 Å². The molecule has 2 aliphatic heterocycles. The Morgan fingerprint density at radius 3 is 2.35 bits per heavy atom. The SMILES string of the molecule is NC1CC2CCC(C1)N2c1ncc(C(F)(F)F)cc1Cl. The summed E-state index contributed by atoms with van der Waals surface area (Å²) < 4.78 is 37.9. The topological polar surface area (TPSA) is 42.1 Å². The molecule has 2 atom stereocenters. The van der Waals surface area contributed by atoms with Crippen LogP contribution in [-0.4, -0.2) is 23.1 Å². The van der Waals surface area contributed by atoms with Gasteiger partial charge < -0.3 is 10.6 Å².